The maximum absolute atomic E-state index is 12.0. The number of benzene rings is 2. The molecule has 2 aromatic carbocycles. The normalized spacial score (nSPS) is 10.2. The van der Waals surface area contributed by atoms with Crippen LogP contribution in [0.4, 0.5) is 5.69 Å². The van der Waals surface area contributed by atoms with E-state index < -0.39 is 0 Å². The smallest absolute Gasteiger partial charge is 0.262 e. The van der Waals surface area contributed by atoms with Crippen LogP contribution in [-0.4, -0.2) is 19.6 Å². The van der Waals surface area contributed by atoms with Crippen LogP contribution in [0.5, 0.6) is 11.5 Å². The molecule has 1 amide bonds. The SMILES string of the molecule is COc1cccc(NC(=O)COc2cc(C)cc(C)c2C)c1. The Morgan fingerprint density at radius 2 is 1.91 bits per heavy atom. The maximum atomic E-state index is 12.0. The van der Waals surface area contributed by atoms with Crippen LogP contribution in [0, 0.1) is 20.8 Å². The predicted molar refractivity (Wildman–Crippen MR) is 87.8 cm³/mol. The first-order valence-corrected chi connectivity index (χ1v) is 7.14. The summed E-state index contributed by atoms with van der Waals surface area (Å²) in [6.07, 6.45) is 0. The quantitative estimate of drug-likeness (QED) is 0.917. The first kappa shape index (κ1) is 15.9. The molecule has 0 fully saturated rings. The molecule has 0 saturated heterocycles. The second-order valence-corrected chi connectivity index (χ2v) is 5.27. The molecule has 0 spiro atoms. The third-order valence-corrected chi connectivity index (χ3v) is 3.48. The molecule has 0 atom stereocenters. The van der Waals surface area contributed by atoms with Gasteiger partial charge in [-0.05, 0) is 55.7 Å². The molecule has 0 heterocycles. The van der Waals surface area contributed by atoms with E-state index in [9.17, 15) is 4.79 Å². The van der Waals surface area contributed by atoms with Crippen LogP contribution in [0.1, 0.15) is 16.7 Å². The first-order valence-electron chi connectivity index (χ1n) is 7.14. The molecule has 0 aromatic heterocycles. The van der Waals surface area contributed by atoms with E-state index in [1.807, 2.05) is 45.0 Å². The molecule has 0 saturated carbocycles. The lowest BCUT2D eigenvalue weighted by Gasteiger charge is -2.12. The maximum Gasteiger partial charge on any atom is 0.262 e. The van der Waals surface area contributed by atoms with Crippen molar-refractivity contribution in [2.24, 2.45) is 0 Å². The molecule has 0 bridgehead atoms. The van der Waals surface area contributed by atoms with Gasteiger partial charge in [0.25, 0.3) is 5.91 Å². The highest BCUT2D eigenvalue weighted by atomic mass is 16.5. The Bertz CT molecular complexity index is 680. The number of nitrogens with one attached hydrogen (secondary N) is 1. The summed E-state index contributed by atoms with van der Waals surface area (Å²) in [6, 6.07) is 11.3. The predicted octanol–water partition coefficient (Wildman–Crippen LogP) is 3.64. The number of amides is 1. The average Bonchev–Trinajstić information content (AvgIpc) is 2.49. The Morgan fingerprint density at radius 1 is 1.14 bits per heavy atom. The van der Waals surface area contributed by atoms with Crippen molar-refractivity contribution >= 4 is 11.6 Å². The van der Waals surface area contributed by atoms with Crippen LogP contribution in [0.3, 0.4) is 0 Å². The van der Waals surface area contributed by atoms with Crippen molar-refractivity contribution < 1.29 is 14.3 Å². The summed E-state index contributed by atoms with van der Waals surface area (Å²) in [5, 5.41) is 2.79. The Balaban J connectivity index is 1.98. The van der Waals surface area contributed by atoms with Gasteiger partial charge in [-0.25, -0.2) is 0 Å². The zero-order chi connectivity index (χ0) is 16.1. The third-order valence-electron chi connectivity index (χ3n) is 3.48. The number of carbonyl (C=O) groups excluding carboxylic acids is 1. The number of rotatable bonds is 5. The van der Waals surface area contributed by atoms with Gasteiger partial charge in [-0.2, -0.15) is 0 Å². The summed E-state index contributed by atoms with van der Waals surface area (Å²) in [4.78, 5) is 12.0. The fraction of sp³-hybridized carbons (Fsp3) is 0.278. The van der Waals surface area contributed by atoms with Gasteiger partial charge in [0.15, 0.2) is 6.61 Å². The van der Waals surface area contributed by atoms with E-state index in [4.69, 9.17) is 9.47 Å². The van der Waals surface area contributed by atoms with Gasteiger partial charge in [-0.1, -0.05) is 12.1 Å². The molecular formula is C18H21NO3. The third kappa shape index (κ3) is 4.01. The van der Waals surface area contributed by atoms with Crippen LogP contribution in [-0.2, 0) is 4.79 Å². The molecular weight excluding hydrogens is 278 g/mol. The highest BCUT2D eigenvalue weighted by Crippen LogP contribution is 2.23. The molecule has 0 aliphatic carbocycles. The lowest BCUT2D eigenvalue weighted by molar-refractivity contribution is -0.118. The van der Waals surface area contributed by atoms with Crippen LogP contribution in [0.15, 0.2) is 36.4 Å². The van der Waals surface area contributed by atoms with Crippen molar-refractivity contribution in [1.29, 1.82) is 0 Å². The number of anilines is 1. The van der Waals surface area contributed by atoms with Gasteiger partial charge in [-0.15, -0.1) is 0 Å². The summed E-state index contributed by atoms with van der Waals surface area (Å²) < 4.78 is 10.8. The molecule has 4 nitrogen and oxygen atoms in total. The summed E-state index contributed by atoms with van der Waals surface area (Å²) >= 11 is 0. The summed E-state index contributed by atoms with van der Waals surface area (Å²) in [5.41, 5.74) is 4.01. The Hall–Kier alpha value is -2.49. The minimum absolute atomic E-state index is 0.0268. The van der Waals surface area contributed by atoms with Crippen molar-refractivity contribution in [2.45, 2.75) is 20.8 Å². The fourth-order valence-corrected chi connectivity index (χ4v) is 2.19. The zero-order valence-corrected chi connectivity index (χ0v) is 13.4. The summed E-state index contributed by atoms with van der Waals surface area (Å²) in [7, 11) is 1.59. The van der Waals surface area contributed by atoms with Gasteiger partial charge >= 0.3 is 0 Å². The molecule has 2 aromatic rings. The van der Waals surface area contributed by atoms with Gasteiger partial charge in [0.2, 0.25) is 0 Å². The first-order chi connectivity index (χ1) is 10.5. The average molecular weight is 299 g/mol. The van der Waals surface area contributed by atoms with E-state index in [1.165, 1.54) is 0 Å². The molecule has 0 aliphatic heterocycles. The number of hydrogen-bond donors (Lipinski definition) is 1. The Morgan fingerprint density at radius 3 is 2.64 bits per heavy atom. The van der Waals surface area contributed by atoms with E-state index >= 15 is 0 Å². The molecule has 22 heavy (non-hydrogen) atoms. The van der Waals surface area contributed by atoms with Crippen LogP contribution in [0.2, 0.25) is 0 Å². The van der Waals surface area contributed by atoms with Gasteiger partial charge in [-0.3, -0.25) is 4.79 Å². The largest absolute Gasteiger partial charge is 0.497 e. The van der Waals surface area contributed by atoms with Crippen LogP contribution < -0.4 is 14.8 Å². The molecule has 0 radical (unpaired) electrons. The highest BCUT2D eigenvalue weighted by Gasteiger charge is 2.08. The number of ether oxygens (including phenoxy) is 2. The summed E-state index contributed by atoms with van der Waals surface area (Å²) in [6.45, 7) is 6.01. The van der Waals surface area contributed by atoms with Crippen LogP contribution >= 0.6 is 0 Å². The van der Waals surface area contributed by atoms with Crippen molar-refractivity contribution in [1.82, 2.24) is 0 Å². The lowest BCUT2D eigenvalue weighted by atomic mass is 10.1. The van der Waals surface area contributed by atoms with E-state index in [2.05, 4.69) is 11.4 Å². The monoisotopic (exact) mass is 299 g/mol. The van der Waals surface area contributed by atoms with Gasteiger partial charge in [0, 0.05) is 11.8 Å². The molecule has 1 N–H and O–H groups in total. The van der Waals surface area contributed by atoms with E-state index in [1.54, 1.807) is 13.2 Å². The standard InChI is InChI=1S/C18H21NO3/c1-12-8-13(2)14(3)17(9-12)22-11-18(20)19-15-6-5-7-16(10-15)21-4/h5-10H,11H2,1-4H3,(H,19,20). The molecule has 2 rings (SSSR count). The number of aryl methyl sites for hydroxylation is 2. The highest BCUT2D eigenvalue weighted by molar-refractivity contribution is 5.92. The topological polar surface area (TPSA) is 47.6 Å². The van der Waals surface area contributed by atoms with Crippen molar-refractivity contribution in [3.05, 3.63) is 53.1 Å². The fourth-order valence-electron chi connectivity index (χ4n) is 2.19. The van der Waals surface area contributed by atoms with Gasteiger partial charge < -0.3 is 14.8 Å². The number of hydrogen-bond acceptors (Lipinski definition) is 3. The minimum atomic E-state index is -0.202. The minimum Gasteiger partial charge on any atom is -0.497 e. The van der Waals surface area contributed by atoms with E-state index in [0.29, 0.717) is 11.4 Å². The second-order valence-electron chi connectivity index (χ2n) is 5.27. The molecule has 0 unspecified atom stereocenters. The van der Waals surface area contributed by atoms with Gasteiger partial charge in [0.05, 0.1) is 7.11 Å². The Kier molecular flexibility index (Phi) is 5.04. The number of carbonyl (C=O) groups is 1. The van der Waals surface area contributed by atoms with E-state index in [-0.39, 0.29) is 12.5 Å². The lowest BCUT2D eigenvalue weighted by Crippen LogP contribution is -2.20. The zero-order valence-electron chi connectivity index (χ0n) is 13.4. The second kappa shape index (κ2) is 6.98. The summed E-state index contributed by atoms with van der Waals surface area (Å²) in [5.74, 6) is 1.24. The van der Waals surface area contributed by atoms with Crippen molar-refractivity contribution in [2.75, 3.05) is 19.0 Å². The number of methoxy groups -OCH3 is 1. The van der Waals surface area contributed by atoms with E-state index in [0.717, 1.165) is 22.4 Å². The molecule has 0 aliphatic rings. The van der Waals surface area contributed by atoms with Crippen molar-refractivity contribution in [3.63, 3.8) is 0 Å². The van der Waals surface area contributed by atoms with Crippen LogP contribution in [0.25, 0.3) is 0 Å². The van der Waals surface area contributed by atoms with Gasteiger partial charge in [0.1, 0.15) is 11.5 Å². The molecule has 116 valence electrons. The molecule has 4 heteroatoms. The Labute approximate surface area is 131 Å². The van der Waals surface area contributed by atoms with Crippen molar-refractivity contribution in [3.8, 4) is 11.5 Å².